The van der Waals surface area contributed by atoms with Crippen molar-refractivity contribution in [1.82, 2.24) is 19.7 Å². The quantitative estimate of drug-likeness (QED) is 0.536. The molecular formula is C18H15FN6O2S. The van der Waals surface area contributed by atoms with Gasteiger partial charge in [0.2, 0.25) is 0 Å². The predicted molar refractivity (Wildman–Crippen MR) is 103 cm³/mol. The maximum atomic E-state index is 14.1. The first-order chi connectivity index (χ1) is 13.4. The van der Waals surface area contributed by atoms with Crippen LogP contribution in [0.2, 0.25) is 0 Å². The van der Waals surface area contributed by atoms with E-state index in [0.717, 1.165) is 0 Å². The second-order valence-corrected chi connectivity index (χ2v) is 7.65. The summed E-state index contributed by atoms with van der Waals surface area (Å²) in [6.45, 7) is 0. The van der Waals surface area contributed by atoms with Gasteiger partial charge in [-0.3, -0.25) is 9.40 Å². The highest BCUT2D eigenvalue weighted by Crippen LogP contribution is 2.27. The van der Waals surface area contributed by atoms with Gasteiger partial charge in [0.05, 0.1) is 22.9 Å². The number of fused-ring (bicyclic) bond motifs is 1. The van der Waals surface area contributed by atoms with Gasteiger partial charge in [-0.05, 0) is 24.3 Å². The Morgan fingerprint density at radius 3 is 2.25 bits per heavy atom. The summed E-state index contributed by atoms with van der Waals surface area (Å²) in [4.78, 5) is 8.73. The van der Waals surface area contributed by atoms with Crippen molar-refractivity contribution in [3.63, 3.8) is 0 Å². The average molecular weight is 398 g/mol. The molecule has 8 nitrogen and oxygen atoms in total. The lowest BCUT2D eigenvalue weighted by molar-refractivity contribution is 0.601. The van der Waals surface area contributed by atoms with E-state index < -0.39 is 15.8 Å². The molecular weight excluding hydrogens is 383 g/mol. The molecule has 142 valence electrons. The van der Waals surface area contributed by atoms with Gasteiger partial charge in [-0.2, -0.15) is 5.10 Å². The lowest BCUT2D eigenvalue weighted by Gasteiger charge is -2.13. The number of anilines is 3. The Bertz CT molecular complexity index is 1270. The fraction of sp³-hybridized carbons (Fsp3) is 0.0556. The van der Waals surface area contributed by atoms with Gasteiger partial charge in [0.25, 0.3) is 10.0 Å². The summed E-state index contributed by atoms with van der Waals surface area (Å²) in [5.41, 5.74) is 1.17. The molecule has 0 spiro atoms. The van der Waals surface area contributed by atoms with E-state index in [2.05, 4.69) is 25.1 Å². The first kappa shape index (κ1) is 17.9. The minimum Gasteiger partial charge on any atom is -0.335 e. The molecule has 0 fully saturated rings. The molecule has 2 aromatic heterocycles. The summed E-state index contributed by atoms with van der Waals surface area (Å²) in [7, 11) is -2.34. The normalized spacial score (nSPS) is 11.5. The number of halogens is 1. The van der Waals surface area contributed by atoms with E-state index in [1.807, 2.05) is 0 Å². The third-order valence-corrected chi connectivity index (χ3v) is 5.21. The van der Waals surface area contributed by atoms with Crippen LogP contribution in [-0.2, 0) is 17.1 Å². The Morgan fingerprint density at radius 2 is 1.61 bits per heavy atom. The van der Waals surface area contributed by atoms with Gasteiger partial charge in [0.1, 0.15) is 10.7 Å². The summed E-state index contributed by atoms with van der Waals surface area (Å²) >= 11 is 0. The van der Waals surface area contributed by atoms with Crippen molar-refractivity contribution in [1.29, 1.82) is 0 Å². The van der Waals surface area contributed by atoms with Crippen molar-refractivity contribution in [2.75, 3.05) is 10.0 Å². The van der Waals surface area contributed by atoms with Crippen molar-refractivity contribution in [2.45, 2.75) is 4.90 Å². The van der Waals surface area contributed by atoms with E-state index in [1.165, 1.54) is 29.2 Å². The molecule has 2 N–H and O–H groups in total. The molecule has 10 heteroatoms. The molecule has 0 saturated carbocycles. The standard InChI is InChI=1S/C18H15FN6O2S/c1-25-11-12(10-20-25)28(26,27)24-18-17(21-14-7-3-2-6-13(14)19)22-15-8-4-5-9-16(15)23-18/h2-11H,1H3,(H,21,22)(H,23,24). The Balaban J connectivity index is 1.80. The monoisotopic (exact) mass is 398 g/mol. The van der Waals surface area contributed by atoms with Crippen LogP contribution < -0.4 is 10.0 Å². The fourth-order valence-electron chi connectivity index (χ4n) is 2.57. The average Bonchev–Trinajstić information content (AvgIpc) is 3.11. The van der Waals surface area contributed by atoms with Gasteiger partial charge in [0, 0.05) is 13.2 Å². The summed E-state index contributed by atoms with van der Waals surface area (Å²) in [6.07, 6.45) is 2.58. The van der Waals surface area contributed by atoms with Gasteiger partial charge in [-0.25, -0.2) is 22.8 Å². The smallest absolute Gasteiger partial charge is 0.266 e. The third-order valence-electron chi connectivity index (χ3n) is 3.92. The second kappa shape index (κ2) is 6.89. The van der Waals surface area contributed by atoms with Crippen LogP contribution in [0.3, 0.4) is 0 Å². The molecule has 2 aromatic carbocycles. The molecule has 0 atom stereocenters. The second-order valence-electron chi connectivity index (χ2n) is 5.97. The van der Waals surface area contributed by atoms with Crippen LogP contribution in [0.15, 0.2) is 65.8 Å². The van der Waals surface area contributed by atoms with Crippen LogP contribution in [0.5, 0.6) is 0 Å². The van der Waals surface area contributed by atoms with Gasteiger partial charge in [0.15, 0.2) is 11.6 Å². The highest BCUT2D eigenvalue weighted by Gasteiger charge is 2.20. The molecule has 0 aliphatic heterocycles. The molecule has 0 saturated heterocycles. The van der Waals surface area contributed by atoms with E-state index in [9.17, 15) is 12.8 Å². The summed E-state index contributed by atoms with van der Waals surface area (Å²) in [5.74, 6) is -0.472. The van der Waals surface area contributed by atoms with E-state index in [-0.39, 0.29) is 22.2 Å². The zero-order chi connectivity index (χ0) is 19.7. The molecule has 0 radical (unpaired) electrons. The Kier molecular flexibility index (Phi) is 4.40. The van der Waals surface area contributed by atoms with E-state index >= 15 is 0 Å². The number of aryl methyl sites for hydroxylation is 1. The molecule has 0 aliphatic rings. The SMILES string of the molecule is Cn1cc(S(=O)(=O)Nc2nc3ccccc3nc2Nc2ccccc2F)cn1. The molecule has 4 aromatic rings. The third kappa shape index (κ3) is 3.49. The van der Waals surface area contributed by atoms with E-state index in [4.69, 9.17) is 0 Å². The zero-order valence-corrected chi connectivity index (χ0v) is 15.5. The number of benzene rings is 2. The van der Waals surface area contributed by atoms with Gasteiger partial charge < -0.3 is 5.32 Å². The number of sulfonamides is 1. The molecule has 0 amide bonds. The van der Waals surface area contributed by atoms with Crippen molar-refractivity contribution in [2.24, 2.45) is 7.05 Å². The lowest BCUT2D eigenvalue weighted by atomic mass is 10.3. The molecule has 2 heterocycles. The van der Waals surface area contributed by atoms with Crippen molar-refractivity contribution in [3.05, 3.63) is 66.7 Å². The highest BCUT2D eigenvalue weighted by atomic mass is 32.2. The van der Waals surface area contributed by atoms with Crippen LogP contribution in [0.1, 0.15) is 0 Å². The number of hydrogen-bond donors (Lipinski definition) is 2. The van der Waals surface area contributed by atoms with Crippen molar-refractivity contribution >= 4 is 38.4 Å². The molecule has 28 heavy (non-hydrogen) atoms. The summed E-state index contributed by atoms with van der Waals surface area (Å²) in [5, 5.41) is 6.69. The number of aromatic nitrogens is 4. The topological polar surface area (TPSA) is 102 Å². The molecule has 0 aliphatic carbocycles. The predicted octanol–water partition coefficient (Wildman–Crippen LogP) is 3.05. The van der Waals surface area contributed by atoms with E-state index in [1.54, 1.807) is 43.4 Å². The summed E-state index contributed by atoms with van der Waals surface area (Å²) in [6, 6.07) is 13.0. The fourth-order valence-corrected chi connectivity index (χ4v) is 3.56. The highest BCUT2D eigenvalue weighted by molar-refractivity contribution is 7.92. The van der Waals surface area contributed by atoms with Crippen molar-refractivity contribution < 1.29 is 12.8 Å². The first-order valence-electron chi connectivity index (χ1n) is 8.22. The van der Waals surface area contributed by atoms with Gasteiger partial charge in [-0.15, -0.1) is 0 Å². The lowest BCUT2D eigenvalue weighted by Crippen LogP contribution is -2.15. The van der Waals surface area contributed by atoms with Crippen LogP contribution in [0.4, 0.5) is 21.7 Å². The number of rotatable bonds is 5. The Hall–Kier alpha value is -3.53. The molecule has 4 rings (SSSR count). The summed E-state index contributed by atoms with van der Waals surface area (Å²) < 4.78 is 43.2. The van der Waals surface area contributed by atoms with Gasteiger partial charge in [-0.1, -0.05) is 24.3 Å². The number of para-hydroxylation sites is 3. The number of nitrogens with one attached hydrogen (secondary N) is 2. The Morgan fingerprint density at radius 1 is 0.964 bits per heavy atom. The van der Waals surface area contributed by atoms with Crippen LogP contribution in [0.25, 0.3) is 11.0 Å². The maximum absolute atomic E-state index is 14.1. The number of hydrogen-bond acceptors (Lipinski definition) is 6. The molecule has 0 bridgehead atoms. The minimum absolute atomic E-state index is 0.0261. The van der Waals surface area contributed by atoms with Gasteiger partial charge >= 0.3 is 0 Å². The van der Waals surface area contributed by atoms with Crippen LogP contribution in [-0.4, -0.2) is 28.2 Å². The number of nitrogens with zero attached hydrogens (tertiary/aromatic N) is 4. The zero-order valence-electron chi connectivity index (χ0n) is 14.7. The minimum atomic E-state index is -3.96. The maximum Gasteiger partial charge on any atom is 0.266 e. The van der Waals surface area contributed by atoms with E-state index in [0.29, 0.717) is 11.0 Å². The Labute approximate surface area is 160 Å². The largest absolute Gasteiger partial charge is 0.335 e. The van der Waals surface area contributed by atoms with Crippen LogP contribution in [0, 0.1) is 5.82 Å². The van der Waals surface area contributed by atoms with Crippen molar-refractivity contribution in [3.8, 4) is 0 Å². The first-order valence-corrected chi connectivity index (χ1v) is 9.70. The molecule has 0 unspecified atom stereocenters. The van der Waals surface area contributed by atoms with Crippen LogP contribution >= 0.6 is 0 Å².